The van der Waals surface area contributed by atoms with E-state index in [1.54, 1.807) is 53.8 Å². The topological polar surface area (TPSA) is 110 Å². The molecular formula is C23H22N4O4S2. The van der Waals surface area contributed by atoms with Crippen LogP contribution in [0.3, 0.4) is 0 Å². The molecule has 2 aromatic carbocycles. The predicted molar refractivity (Wildman–Crippen MR) is 129 cm³/mol. The Bertz CT molecular complexity index is 1350. The van der Waals surface area contributed by atoms with Crippen molar-refractivity contribution in [3.05, 3.63) is 77.9 Å². The van der Waals surface area contributed by atoms with Gasteiger partial charge in [-0.3, -0.25) is 14.0 Å². The van der Waals surface area contributed by atoms with Crippen LogP contribution in [0.5, 0.6) is 0 Å². The van der Waals surface area contributed by atoms with E-state index in [0.29, 0.717) is 11.3 Å². The minimum atomic E-state index is -3.31. The van der Waals surface area contributed by atoms with Crippen LogP contribution in [-0.2, 0) is 14.6 Å². The molecule has 0 bridgehead atoms. The van der Waals surface area contributed by atoms with Crippen LogP contribution in [0.4, 0.5) is 5.69 Å². The monoisotopic (exact) mass is 482 g/mol. The predicted octanol–water partition coefficient (Wildman–Crippen LogP) is 3.23. The second kappa shape index (κ2) is 9.55. The van der Waals surface area contributed by atoms with Crippen molar-refractivity contribution in [3.63, 3.8) is 0 Å². The highest BCUT2D eigenvalue weighted by Crippen LogP contribution is 2.23. The number of anilines is 1. The lowest BCUT2D eigenvalue weighted by Gasteiger charge is -2.18. The first kappa shape index (κ1) is 22.7. The number of imidazole rings is 1. The highest BCUT2D eigenvalue weighted by atomic mass is 32.2. The zero-order valence-electron chi connectivity index (χ0n) is 17.8. The summed E-state index contributed by atoms with van der Waals surface area (Å²) in [5, 5.41) is 7.37. The van der Waals surface area contributed by atoms with Gasteiger partial charge in [0.25, 0.3) is 5.91 Å². The van der Waals surface area contributed by atoms with Gasteiger partial charge >= 0.3 is 0 Å². The van der Waals surface area contributed by atoms with Crippen LogP contribution in [0.15, 0.2) is 72.4 Å². The standard InChI is InChI=1S/C23H22N4O4S2/c1-33(30,31)14-11-19(25-21(28)17-5-3-2-4-6-17)22(29)24-18-9-7-16(8-10-18)20-15-27-12-13-32-23(27)26-20/h2-10,12-13,15,19H,11,14H2,1H3,(H,24,29)(H,25,28)/t19-/m1/s1. The molecular weight excluding hydrogens is 460 g/mol. The first-order chi connectivity index (χ1) is 15.8. The fourth-order valence-corrected chi connectivity index (χ4v) is 4.62. The number of sulfone groups is 1. The number of carbonyl (C=O) groups excluding carboxylic acids is 2. The Morgan fingerprint density at radius 2 is 1.82 bits per heavy atom. The van der Waals surface area contributed by atoms with Crippen LogP contribution in [0, 0.1) is 0 Å². The average Bonchev–Trinajstić information content (AvgIpc) is 3.39. The molecule has 0 radical (unpaired) electrons. The fourth-order valence-electron chi connectivity index (χ4n) is 3.25. The van der Waals surface area contributed by atoms with Gasteiger partial charge in [-0.2, -0.15) is 0 Å². The lowest BCUT2D eigenvalue weighted by atomic mass is 10.1. The lowest BCUT2D eigenvalue weighted by molar-refractivity contribution is -0.118. The summed E-state index contributed by atoms with van der Waals surface area (Å²) in [5.74, 6) is -1.16. The minimum Gasteiger partial charge on any atom is -0.340 e. The van der Waals surface area contributed by atoms with Gasteiger partial charge in [-0.15, -0.1) is 11.3 Å². The number of hydrogen-bond acceptors (Lipinski definition) is 6. The van der Waals surface area contributed by atoms with Crippen LogP contribution >= 0.6 is 11.3 Å². The molecule has 0 unspecified atom stereocenters. The minimum absolute atomic E-state index is 0.0350. The number of nitrogens with one attached hydrogen (secondary N) is 2. The van der Waals surface area contributed by atoms with Crippen LogP contribution in [0.25, 0.3) is 16.2 Å². The van der Waals surface area contributed by atoms with Crippen LogP contribution in [0.1, 0.15) is 16.8 Å². The maximum absolute atomic E-state index is 12.9. The van der Waals surface area contributed by atoms with Crippen molar-refractivity contribution in [1.29, 1.82) is 0 Å². The largest absolute Gasteiger partial charge is 0.340 e. The molecule has 0 aliphatic carbocycles. The van der Waals surface area contributed by atoms with Gasteiger partial charge in [-0.25, -0.2) is 13.4 Å². The molecule has 2 aromatic heterocycles. The summed E-state index contributed by atoms with van der Waals surface area (Å²) in [6.07, 6.45) is 4.93. The van der Waals surface area contributed by atoms with E-state index in [0.717, 1.165) is 22.5 Å². The third-order valence-corrected chi connectivity index (χ3v) is 6.72. The lowest BCUT2D eigenvalue weighted by Crippen LogP contribution is -2.44. The van der Waals surface area contributed by atoms with Crippen molar-refractivity contribution >= 4 is 43.6 Å². The van der Waals surface area contributed by atoms with E-state index in [4.69, 9.17) is 0 Å². The van der Waals surface area contributed by atoms with Gasteiger partial charge in [0.2, 0.25) is 5.91 Å². The van der Waals surface area contributed by atoms with Crippen molar-refractivity contribution in [1.82, 2.24) is 14.7 Å². The molecule has 0 fully saturated rings. The normalized spacial score (nSPS) is 12.4. The molecule has 0 spiro atoms. The van der Waals surface area contributed by atoms with E-state index in [1.165, 1.54) is 0 Å². The molecule has 4 rings (SSSR count). The SMILES string of the molecule is CS(=O)(=O)CC[C@@H](NC(=O)c1ccccc1)C(=O)Nc1ccc(-c2cn3ccsc3n2)cc1. The number of nitrogens with zero attached hydrogens (tertiary/aromatic N) is 2. The Hall–Kier alpha value is -3.50. The highest BCUT2D eigenvalue weighted by Gasteiger charge is 2.23. The molecule has 4 aromatic rings. The Labute approximate surface area is 195 Å². The first-order valence-corrected chi connectivity index (χ1v) is 13.1. The summed E-state index contributed by atoms with van der Waals surface area (Å²) in [6.45, 7) is 0. The number of carbonyl (C=O) groups is 2. The van der Waals surface area contributed by atoms with Crippen LogP contribution < -0.4 is 10.6 Å². The molecule has 2 N–H and O–H groups in total. The molecule has 33 heavy (non-hydrogen) atoms. The molecule has 0 saturated heterocycles. The van der Waals surface area contributed by atoms with E-state index >= 15 is 0 Å². The van der Waals surface area contributed by atoms with Crippen LogP contribution in [-0.4, -0.2) is 47.7 Å². The third kappa shape index (κ3) is 5.85. The van der Waals surface area contributed by atoms with E-state index in [-0.39, 0.29) is 12.2 Å². The van der Waals surface area contributed by atoms with Crippen molar-refractivity contribution in [2.75, 3.05) is 17.3 Å². The zero-order chi connectivity index (χ0) is 23.4. The molecule has 2 amide bonds. The van der Waals surface area contributed by atoms with Gasteiger partial charge in [-0.05, 0) is 30.7 Å². The van der Waals surface area contributed by atoms with Crippen molar-refractivity contribution in [2.24, 2.45) is 0 Å². The Kier molecular flexibility index (Phi) is 6.57. The molecule has 8 nitrogen and oxygen atoms in total. The van der Waals surface area contributed by atoms with E-state index in [9.17, 15) is 18.0 Å². The number of thiazole rings is 1. The summed E-state index contributed by atoms with van der Waals surface area (Å²) in [6, 6.07) is 14.6. The average molecular weight is 483 g/mol. The van der Waals surface area contributed by atoms with Gasteiger partial charge in [0.05, 0.1) is 11.4 Å². The van der Waals surface area contributed by atoms with Crippen molar-refractivity contribution in [3.8, 4) is 11.3 Å². The first-order valence-electron chi connectivity index (χ1n) is 10.2. The number of hydrogen-bond donors (Lipinski definition) is 2. The van der Waals surface area contributed by atoms with Gasteiger partial charge in [0.1, 0.15) is 15.9 Å². The summed E-state index contributed by atoms with van der Waals surface area (Å²) in [7, 11) is -3.31. The number of amides is 2. The quantitative estimate of drug-likeness (QED) is 0.401. The summed E-state index contributed by atoms with van der Waals surface area (Å²) >= 11 is 1.54. The van der Waals surface area contributed by atoms with Gasteiger partial charge in [-0.1, -0.05) is 30.3 Å². The Balaban J connectivity index is 1.46. The maximum Gasteiger partial charge on any atom is 0.251 e. The second-order valence-corrected chi connectivity index (χ2v) is 10.7. The van der Waals surface area contributed by atoms with Crippen molar-refractivity contribution in [2.45, 2.75) is 12.5 Å². The third-order valence-electron chi connectivity index (χ3n) is 4.98. The van der Waals surface area contributed by atoms with Gasteiger partial charge in [0.15, 0.2) is 4.96 Å². The smallest absolute Gasteiger partial charge is 0.251 e. The van der Waals surface area contributed by atoms with E-state index in [2.05, 4.69) is 15.6 Å². The molecule has 170 valence electrons. The van der Waals surface area contributed by atoms with Crippen LogP contribution in [0.2, 0.25) is 0 Å². The molecule has 0 aliphatic rings. The zero-order valence-corrected chi connectivity index (χ0v) is 19.4. The van der Waals surface area contributed by atoms with Crippen molar-refractivity contribution < 1.29 is 18.0 Å². The highest BCUT2D eigenvalue weighted by molar-refractivity contribution is 7.90. The summed E-state index contributed by atoms with van der Waals surface area (Å²) in [4.78, 5) is 30.9. The summed E-state index contributed by atoms with van der Waals surface area (Å²) < 4.78 is 25.2. The fraction of sp³-hybridized carbons (Fsp3) is 0.174. The second-order valence-electron chi connectivity index (χ2n) is 7.60. The van der Waals surface area contributed by atoms with E-state index in [1.807, 2.05) is 34.3 Å². The summed E-state index contributed by atoms with van der Waals surface area (Å²) in [5.41, 5.74) is 2.64. The van der Waals surface area contributed by atoms with Gasteiger partial charge in [0, 0.05) is 40.8 Å². The van der Waals surface area contributed by atoms with Gasteiger partial charge < -0.3 is 10.6 Å². The maximum atomic E-state index is 12.9. The van der Waals surface area contributed by atoms with E-state index < -0.39 is 27.7 Å². The Morgan fingerprint density at radius 1 is 1.09 bits per heavy atom. The number of rotatable bonds is 8. The molecule has 0 saturated carbocycles. The molecule has 0 aliphatic heterocycles. The molecule has 10 heteroatoms. The Morgan fingerprint density at radius 3 is 2.48 bits per heavy atom. The molecule has 1 atom stereocenters. The molecule has 2 heterocycles. The number of fused-ring (bicyclic) bond motifs is 1. The number of aromatic nitrogens is 2. The number of benzene rings is 2.